The van der Waals surface area contributed by atoms with Crippen LogP contribution in [0.2, 0.25) is 0 Å². The second-order valence-corrected chi connectivity index (χ2v) is 4.53. The van der Waals surface area contributed by atoms with E-state index in [1.54, 1.807) is 0 Å². The molecule has 18 heavy (non-hydrogen) atoms. The van der Waals surface area contributed by atoms with Crippen LogP contribution in [-0.4, -0.2) is 28.4 Å². The summed E-state index contributed by atoms with van der Waals surface area (Å²) in [6, 6.07) is -0.602. The minimum atomic E-state index is -4.51. The van der Waals surface area contributed by atoms with E-state index in [9.17, 15) is 22.8 Å². The van der Waals surface area contributed by atoms with Crippen LogP contribution in [0.25, 0.3) is 0 Å². The normalized spacial score (nSPS) is 16.9. The van der Waals surface area contributed by atoms with Crippen molar-refractivity contribution in [1.29, 1.82) is 0 Å². The average molecular weight is 279 g/mol. The van der Waals surface area contributed by atoms with E-state index >= 15 is 0 Å². The zero-order valence-corrected chi connectivity index (χ0v) is 9.77. The summed E-state index contributed by atoms with van der Waals surface area (Å²) in [5.74, 6) is -0.414. The molecular weight excluding hydrogens is 271 g/mol. The highest BCUT2D eigenvalue weighted by atomic mass is 32.1. The highest BCUT2D eigenvalue weighted by molar-refractivity contribution is 7.09. The van der Waals surface area contributed by atoms with Gasteiger partial charge in [0.2, 0.25) is 5.91 Å². The van der Waals surface area contributed by atoms with Crippen LogP contribution in [0, 0.1) is 0 Å². The Hall–Kier alpha value is -1.64. The lowest BCUT2D eigenvalue weighted by molar-refractivity contribution is -0.140. The van der Waals surface area contributed by atoms with E-state index in [1.165, 1.54) is 0 Å². The summed E-state index contributed by atoms with van der Waals surface area (Å²) in [5.41, 5.74) is -1.01. The molecule has 1 saturated heterocycles. The van der Waals surface area contributed by atoms with Crippen molar-refractivity contribution >= 4 is 23.3 Å². The van der Waals surface area contributed by atoms with Gasteiger partial charge in [-0.25, -0.2) is 9.78 Å². The predicted molar refractivity (Wildman–Crippen MR) is 55.7 cm³/mol. The summed E-state index contributed by atoms with van der Waals surface area (Å²) in [5, 5.41) is 3.38. The van der Waals surface area contributed by atoms with E-state index < -0.39 is 23.8 Å². The summed E-state index contributed by atoms with van der Waals surface area (Å²) in [6.07, 6.45) is -4.37. The number of halogens is 3. The highest BCUT2D eigenvalue weighted by Crippen LogP contribution is 2.30. The number of nitrogens with one attached hydrogen (secondary N) is 1. The number of nitrogens with zero attached hydrogens (tertiary/aromatic N) is 2. The fourth-order valence-corrected chi connectivity index (χ4v) is 2.22. The molecule has 0 radical (unpaired) electrons. The number of aromatic nitrogens is 1. The molecule has 0 atom stereocenters. The number of carbonyl (C=O) groups excluding carboxylic acids is 2. The molecule has 0 spiro atoms. The SMILES string of the molecule is O=C1CCNC(=O)N1Cc1nc(C(F)(F)F)cs1. The Kier molecular flexibility index (Phi) is 3.24. The third-order valence-corrected chi connectivity index (χ3v) is 3.13. The van der Waals surface area contributed by atoms with Gasteiger partial charge in [-0.3, -0.25) is 9.69 Å². The predicted octanol–water partition coefficient (Wildman–Crippen LogP) is 1.60. The van der Waals surface area contributed by atoms with Gasteiger partial charge in [0, 0.05) is 18.3 Å². The number of amides is 3. The molecule has 0 aromatic carbocycles. The minimum Gasteiger partial charge on any atom is -0.337 e. The zero-order valence-electron chi connectivity index (χ0n) is 8.95. The molecule has 98 valence electrons. The van der Waals surface area contributed by atoms with Gasteiger partial charge in [0.25, 0.3) is 0 Å². The number of thiazole rings is 1. The van der Waals surface area contributed by atoms with Gasteiger partial charge in [-0.1, -0.05) is 0 Å². The first-order valence-electron chi connectivity index (χ1n) is 4.98. The summed E-state index contributed by atoms with van der Waals surface area (Å²) in [4.78, 5) is 27.0. The second kappa shape index (κ2) is 4.56. The second-order valence-electron chi connectivity index (χ2n) is 3.59. The van der Waals surface area contributed by atoms with Crippen molar-refractivity contribution < 1.29 is 22.8 Å². The van der Waals surface area contributed by atoms with Gasteiger partial charge in [-0.05, 0) is 0 Å². The Morgan fingerprint density at radius 3 is 2.72 bits per heavy atom. The van der Waals surface area contributed by atoms with Gasteiger partial charge >= 0.3 is 12.2 Å². The maximum absolute atomic E-state index is 12.3. The van der Waals surface area contributed by atoms with E-state index in [0.29, 0.717) is 0 Å². The minimum absolute atomic E-state index is 0.0766. The van der Waals surface area contributed by atoms with Gasteiger partial charge in [0.15, 0.2) is 5.69 Å². The molecule has 2 rings (SSSR count). The molecule has 1 aromatic rings. The molecule has 0 unspecified atom stereocenters. The zero-order chi connectivity index (χ0) is 13.3. The van der Waals surface area contributed by atoms with Crippen molar-refractivity contribution in [2.75, 3.05) is 6.54 Å². The van der Waals surface area contributed by atoms with Crippen molar-refractivity contribution in [2.45, 2.75) is 19.1 Å². The number of imide groups is 1. The summed E-state index contributed by atoms with van der Waals surface area (Å²) < 4.78 is 37.0. The lowest BCUT2D eigenvalue weighted by atomic mass is 10.3. The molecule has 2 heterocycles. The summed E-state index contributed by atoms with van der Waals surface area (Å²) >= 11 is 0.769. The number of carbonyl (C=O) groups is 2. The van der Waals surface area contributed by atoms with Crippen LogP contribution in [-0.2, 0) is 17.5 Å². The average Bonchev–Trinajstić information content (AvgIpc) is 2.72. The van der Waals surface area contributed by atoms with Crippen LogP contribution in [0.5, 0.6) is 0 Å². The van der Waals surface area contributed by atoms with Gasteiger partial charge in [-0.2, -0.15) is 13.2 Å². The Labute approximate surface area is 104 Å². The third kappa shape index (κ3) is 2.61. The van der Waals surface area contributed by atoms with E-state index in [2.05, 4.69) is 10.3 Å². The fraction of sp³-hybridized carbons (Fsp3) is 0.444. The van der Waals surface area contributed by atoms with Crippen molar-refractivity contribution in [3.63, 3.8) is 0 Å². The number of rotatable bonds is 2. The first kappa shape index (κ1) is 12.8. The van der Waals surface area contributed by atoms with Crippen LogP contribution < -0.4 is 5.32 Å². The number of hydrogen-bond donors (Lipinski definition) is 1. The smallest absolute Gasteiger partial charge is 0.337 e. The lowest BCUT2D eigenvalue weighted by Gasteiger charge is -2.24. The fourth-order valence-electron chi connectivity index (χ4n) is 1.43. The summed E-state index contributed by atoms with van der Waals surface area (Å²) in [7, 11) is 0. The topological polar surface area (TPSA) is 62.3 Å². The van der Waals surface area contributed by atoms with Gasteiger partial charge < -0.3 is 5.32 Å². The summed E-state index contributed by atoms with van der Waals surface area (Å²) in [6.45, 7) is 0.0191. The molecule has 1 fully saturated rings. The number of hydrogen-bond acceptors (Lipinski definition) is 4. The first-order chi connectivity index (χ1) is 8.38. The van der Waals surface area contributed by atoms with Crippen molar-refractivity contribution in [2.24, 2.45) is 0 Å². The molecule has 5 nitrogen and oxygen atoms in total. The monoisotopic (exact) mass is 279 g/mol. The number of alkyl halides is 3. The van der Waals surface area contributed by atoms with Gasteiger partial charge in [0.1, 0.15) is 5.01 Å². The molecule has 1 aliphatic heterocycles. The van der Waals surface area contributed by atoms with Crippen LogP contribution in [0.15, 0.2) is 5.38 Å². The Bertz CT molecular complexity index is 470. The van der Waals surface area contributed by atoms with E-state index in [1.807, 2.05) is 0 Å². The quantitative estimate of drug-likeness (QED) is 0.894. The molecule has 1 aromatic heterocycles. The van der Waals surface area contributed by atoms with Gasteiger partial charge in [-0.15, -0.1) is 11.3 Å². The van der Waals surface area contributed by atoms with E-state index in [4.69, 9.17) is 0 Å². The number of urea groups is 1. The van der Waals surface area contributed by atoms with E-state index in [0.717, 1.165) is 21.6 Å². The maximum Gasteiger partial charge on any atom is 0.434 e. The van der Waals surface area contributed by atoms with E-state index in [-0.39, 0.29) is 24.5 Å². The lowest BCUT2D eigenvalue weighted by Crippen LogP contribution is -2.49. The molecule has 0 aliphatic carbocycles. The molecule has 1 N–H and O–H groups in total. The largest absolute Gasteiger partial charge is 0.434 e. The van der Waals surface area contributed by atoms with Crippen molar-refractivity contribution in [3.8, 4) is 0 Å². The molecule has 0 saturated carbocycles. The Morgan fingerprint density at radius 2 is 2.17 bits per heavy atom. The molecule has 1 aliphatic rings. The molecular formula is C9H8F3N3O2S. The van der Waals surface area contributed by atoms with Crippen LogP contribution in [0.3, 0.4) is 0 Å². The van der Waals surface area contributed by atoms with Crippen LogP contribution in [0.4, 0.5) is 18.0 Å². The van der Waals surface area contributed by atoms with Gasteiger partial charge in [0.05, 0.1) is 6.54 Å². The molecule has 0 bridgehead atoms. The van der Waals surface area contributed by atoms with Crippen molar-refractivity contribution in [3.05, 3.63) is 16.1 Å². The van der Waals surface area contributed by atoms with Crippen molar-refractivity contribution in [1.82, 2.24) is 15.2 Å². The Morgan fingerprint density at radius 1 is 1.44 bits per heavy atom. The first-order valence-corrected chi connectivity index (χ1v) is 5.85. The third-order valence-electron chi connectivity index (χ3n) is 2.30. The van der Waals surface area contributed by atoms with Crippen LogP contribution >= 0.6 is 11.3 Å². The van der Waals surface area contributed by atoms with Crippen LogP contribution in [0.1, 0.15) is 17.1 Å². The Balaban J connectivity index is 2.11. The maximum atomic E-state index is 12.3. The standard InChI is InChI=1S/C9H8F3N3O2S/c10-9(11,12)5-4-18-6(14-5)3-15-7(16)1-2-13-8(15)17/h4H,1-3H2,(H,13,17). The molecule has 9 heteroatoms. The highest BCUT2D eigenvalue weighted by Gasteiger charge is 2.34. The molecule has 3 amide bonds.